The lowest BCUT2D eigenvalue weighted by Crippen LogP contribution is -2.10. The Hall–Kier alpha value is -6.06. The predicted octanol–water partition coefficient (Wildman–Crippen LogP) is 11.6. The minimum atomic E-state index is 1.11. The number of aromatic nitrogens is 2. The van der Waals surface area contributed by atoms with Crippen LogP contribution in [0.5, 0.6) is 0 Å². The van der Waals surface area contributed by atoms with Gasteiger partial charge in [0.2, 0.25) is 0 Å². The Morgan fingerprint density at radius 1 is 0.422 bits per heavy atom. The second kappa shape index (κ2) is 10.3. The standard InChI is InChI=1S/C42H29N3/c1-3-14-30(15-4-1)44(32-18-11-13-29(27-32)34-21-12-22-37-35-19-7-9-23-39(35)43-42(34)37)33-25-26-41-38(28-33)36-20-8-10-24-40(36)45(41)31-16-5-2-6-17-31/h1-28,43H. The summed E-state index contributed by atoms with van der Waals surface area (Å²) in [7, 11) is 0. The molecule has 0 atom stereocenters. The summed E-state index contributed by atoms with van der Waals surface area (Å²) >= 11 is 0. The molecule has 2 aromatic heterocycles. The van der Waals surface area contributed by atoms with Crippen LogP contribution in [0.3, 0.4) is 0 Å². The van der Waals surface area contributed by atoms with Gasteiger partial charge in [0.1, 0.15) is 0 Å². The number of benzene rings is 7. The normalized spacial score (nSPS) is 11.6. The van der Waals surface area contributed by atoms with Gasteiger partial charge < -0.3 is 14.5 Å². The predicted molar refractivity (Wildman–Crippen MR) is 190 cm³/mol. The second-order valence-corrected chi connectivity index (χ2v) is 11.5. The average Bonchev–Trinajstić information content (AvgIpc) is 3.65. The van der Waals surface area contributed by atoms with E-state index in [-0.39, 0.29) is 0 Å². The van der Waals surface area contributed by atoms with E-state index in [9.17, 15) is 0 Å². The van der Waals surface area contributed by atoms with E-state index < -0.39 is 0 Å². The average molecular weight is 576 g/mol. The number of anilines is 3. The summed E-state index contributed by atoms with van der Waals surface area (Å²) in [5, 5.41) is 4.96. The zero-order valence-electron chi connectivity index (χ0n) is 24.6. The molecule has 45 heavy (non-hydrogen) atoms. The van der Waals surface area contributed by atoms with Crippen molar-refractivity contribution in [3.8, 4) is 16.8 Å². The van der Waals surface area contributed by atoms with E-state index in [0.29, 0.717) is 0 Å². The molecule has 3 heteroatoms. The van der Waals surface area contributed by atoms with E-state index in [4.69, 9.17) is 0 Å². The Kier molecular flexibility index (Phi) is 5.82. The summed E-state index contributed by atoms with van der Waals surface area (Å²) in [5.41, 5.74) is 11.6. The number of para-hydroxylation sites is 5. The molecule has 3 nitrogen and oxygen atoms in total. The Labute approximate surface area is 261 Å². The highest BCUT2D eigenvalue weighted by Crippen LogP contribution is 2.41. The van der Waals surface area contributed by atoms with Crippen LogP contribution in [0.4, 0.5) is 17.1 Å². The molecule has 0 fully saturated rings. The monoisotopic (exact) mass is 575 g/mol. The van der Waals surface area contributed by atoms with Crippen LogP contribution in [-0.2, 0) is 0 Å². The highest BCUT2D eigenvalue weighted by Gasteiger charge is 2.18. The Bertz CT molecular complexity index is 2490. The molecule has 9 aromatic rings. The highest BCUT2D eigenvalue weighted by atomic mass is 15.1. The number of H-pyrrole nitrogens is 1. The number of rotatable bonds is 5. The molecular formula is C42H29N3. The lowest BCUT2D eigenvalue weighted by Gasteiger charge is -2.26. The molecule has 0 aliphatic heterocycles. The summed E-state index contributed by atoms with van der Waals surface area (Å²) < 4.78 is 2.36. The van der Waals surface area contributed by atoms with Crippen LogP contribution in [0.25, 0.3) is 60.4 Å². The van der Waals surface area contributed by atoms with Gasteiger partial charge in [-0.3, -0.25) is 0 Å². The van der Waals surface area contributed by atoms with E-state index in [1.54, 1.807) is 0 Å². The highest BCUT2D eigenvalue weighted by molar-refractivity contribution is 6.12. The number of hydrogen-bond acceptors (Lipinski definition) is 1. The van der Waals surface area contributed by atoms with Crippen molar-refractivity contribution >= 4 is 60.7 Å². The van der Waals surface area contributed by atoms with Gasteiger partial charge in [0.05, 0.1) is 16.6 Å². The number of nitrogens with one attached hydrogen (secondary N) is 1. The van der Waals surface area contributed by atoms with Gasteiger partial charge in [0, 0.05) is 55.4 Å². The van der Waals surface area contributed by atoms with Crippen LogP contribution in [0.2, 0.25) is 0 Å². The molecule has 7 aromatic carbocycles. The third kappa shape index (κ3) is 4.13. The molecule has 212 valence electrons. The minimum absolute atomic E-state index is 1.11. The lowest BCUT2D eigenvalue weighted by atomic mass is 10.0. The molecule has 0 saturated carbocycles. The molecule has 1 N–H and O–H groups in total. The summed E-state index contributed by atoms with van der Waals surface area (Å²) in [6.07, 6.45) is 0. The molecule has 0 saturated heterocycles. The number of hydrogen-bond donors (Lipinski definition) is 1. The van der Waals surface area contributed by atoms with Crippen LogP contribution in [-0.4, -0.2) is 9.55 Å². The van der Waals surface area contributed by atoms with Crippen molar-refractivity contribution in [1.82, 2.24) is 9.55 Å². The second-order valence-electron chi connectivity index (χ2n) is 11.5. The quantitative estimate of drug-likeness (QED) is 0.217. The first-order valence-electron chi connectivity index (χ1n) is 15.4. The molecule has 0 unspecified atom stereocenters. The fourth-order valence-electron chi connectivity index (χ4n) is 6.91. The maximum absolute atomic E-state index is 3.69. The van der Waals surface area contributed by atoms with Gasteiger partial charge in [-0.25, -0.2) is 0 Å². The zero-order valence-corrected chi connectivity index (χ0v) is 24.6. The van der Waals surface area contributed by atoms with E-state index in [1.807, 2.05) is 0 Å². The van der Waals surface area contributed by atoms with Gasteiger partial charge in [0.25, 0.3) is 0 Å². The van der Waals surface area contributed by atoms with Crippen molar-refractivity contribution in [3.63, 3.8) is 0 Å². The summed E-state index contributed by atoms with van der Waals surface area (Å²) in [6.45, 7) is 0. The third-order valence-electron chi connectivity index (χ3n) is 8.90. The van der Waals surface area contributed by atoms with Crippen molar-refractivity contribution in [3.05, 3.63) is 170 Å². The van der Waals surface area contributed by atoms with Crippen LogP contribution >= 0.6 is 0 Å². The molecule has 9 rings (SSSR count). The molecule has 0 aliphatic carbocycles. The molecule has 0 bridgehead atoms. The largest absolute Gasteiger partial charge is 0.354 e. The number of nitrogens with zero attached hydrogens (tertiary/aromatic N) is 2. The third-order valence-corrected chi connectivity index (χ3v) is 8.90. The van der Waals surface area contributed by atoms with Crippen LogP contribution < -0.4 is 4.90 Å². The molecule has 0 spiro atoms. The van der Waals surface area contributed by atoms with Crippen LogP contribution in [0.15, 0.2) is 170 Å². The maximum atomic E-state index is 3.69. The molecule has 0 amide bonds. The Balaban J connectivity index is 1.24. The first-order chi connectivity index (χ1) is 22.3. The Morgan fingerprint density at radius 2 is 1.07 bits per heavy atom. The number of aromatic amines is 1. The zero-order chi connectivity index (χ0) is 29.7. The van der Waals surface area contributed by atoms with E-state index in [2.05, 4.69) is 184 Å². The van der Waals surface area contributed by atoms with Crippen molar-refractivity contribution in [2.75, 3.05) is 4.90 Å². The fraction of sp³-hybridized carbons (Fsp3) is 0. The van der Waals surface area contributed by atoms with Gasteiger partial charge in [0.15, 0.2) is 0 Å². The first kappa shape index (κ1) is 25.4. The van der Waals surface area contributed by atoms with Gasteiger partial charge in [-0.2, -0.15) is 0 Å². The van der Waals surface area contributed by atoms with E-state index in [1.165, 1.54) is 43.7 Å². The molecule has 2 heterocycles. The topological polar surface area (TPSA) is 24.0 Å². The molecule has 0 aliphatic rings. The van der Waals surface area contributed by atoms with Gasteiger partial charge in [-0.05, 0) is 72.3 Å². The smallest absolute Gasteiger partial charge is 0.0544 e. The van der Waals surface area contributed by atoms with Crippen molar-refractivity contribution in [1.29, 1.82) is 0 Å². The SMILES string of the molecule is c1ccc(N(c2cccc(-c3cccc4c3[nH]c3ccccc34)c2)c2ccc3c(c2)c2ccccc2n3-c2ccccc2)cc1. The van der Waals surface area contributed by atoms with Gasteiger partial charge in [-0.15, -0.1) is 0 Å². The molecular weight excluding hydrogens is 546 g/mol. The molecule has 0 radical (unpaired) electrons. The lowest BCUT2D eigenvalue weighted by molar-refractivity contribution is 1.18. The minimum Gasteiger partial charge on any atom is -0.354 e. The van der Waals surface area contributed by atoms with Gasteiger partial charge >= 0.3 is 0 Å². The van der Waals surface area contributed by atoms with Crippen molar-refractivity contribution in [2.45, 2.75) is 0 Å². The van der Waals surface area contributed by atoms with Crippen LogP contribution in [0, 0.1) is 0 Å². The van der Waals surface area contributed by atoms with Crippen molar-refractivity contribution in [2.24, 2.45) is 0 Å². The van der Waals surface area contributed by atoms with E-state index in [0.717, 1.165) is 33.8 Å². The van der Waals surface area contributed by atoms with Gasteiger partial charge in [-0.1, -0.05) is 103 Å². The number of fused-ring (bicyclic) bond motifs is 6. The first-order valence-corrected chi connectivity index (χ1v) is 15.4. The van der Waals surface area contributed by atoms with E-state index >= 15 is 0 Å². The summed E-state index contributed by atoms with van der Waals surface area (Å²) in [6, 6.07) is 60.9. The fourth-order valence-corrected chi connectivity index (χ4v) is 6.91. The summed E-state index contributed by atoms with van der Waals surface area (Å²) in [4.78, 5) is 6.06. The van der Waals surface area contributed by atoms with Crippen LogP contribution in [0.1, 0.15) is 0 Å². The van der Waals surface area contributed by atoms with Crippen molar-refractivity contribution < 1.29 is 0 Å². The Morgan fingerprint density at radius 3 is 1.93 bits per heavy atom. The summed E-state index contributed by atoms with van der Waals surface area (Å²) in [5.74, 6) is 0. The maximum Gasteiger partial charge on any atom is 0.0544 e.